The molecule has 0 bridgehead atoms. The summed E-state index contributed by atoms with van der Waals surface area (Å²) in [6.07, 6.45) is 0.841. The SMILES string of the molecule is COC(=O)c1cc(N2CCc3ccccc32)c(F)cc1N. The third-order valence-corrected chi connectivity index (χ3v) is 3.70. The highest BCUT2D eigenvalue weighted by Crippen LogP contribution is 2.37. The van der Waals surface area contributed by atoms with Gasteiger partial charge in [-0.15, -0.1) is 0 Å². The molecule has 5 heteroatoms. The summed E-state index contributed by atoms with van der Waals surface area (Å²) < 4.78 is 19.0. The fourth-order valence-corrected chi connectivity index (χ4v) is 2.66. The minimum absolute atomic E-state index is 0.0792. The van der Waals surface area contributed by atoms with Crippen LogP contribution in [-0.2, 0) is 11.2 Å². The number of fused-ring (bicyclic) bond motifs is 1. The summed E-state index contributed by atoms with van der Waals surface area (Å²) in [6, 6.07) is 10.5. The summed E-state index contributed by atoms with van der Waals surface area (Å²) in [4.78, 5) is 13.6. The first-order valence-electron chi connectivity index (χ1n) is 6.64. The Hall–Kier alpha value is -2.56. The lowest BCUT2D eigenvalue weighted by Gasteiger charge is -2.21. The molecule has 0 atom stereocenters. The summed E-state index contributed by atoms with van der Waals surface area (Å²) in [6.45, 7) is 0.667. The van der Waals surface area contributed by atoms with E-state index < -0.39 is 11.8 Å². The number of carbonyl (C=O) groups excluding carboxylic acids is 1. The Morgan fingerprint density at radius 1 is 1.29 bits per heavy atom. The largest absolute Gasteiger partial charge is 0.465 e. The second-order valence-electron chi connectivity index (χ2n) is 4.91. The zero-order valence-electron chi connectivity index (χ0n) is 11.6. The fraction of sp³-hybridized carbons (Fsp3) is 0.188. The van der Waals surface area contributed by atoms with E-state index >= 15 is 0 Å². The van der Waals surface area contributed by atoms with Crippen molar-refractivity contribution in [1.82, 2.24) is 0 Å². The minimum atomic E-state index is -0.568. The normalized spacial score (nSPS) is 13.1. The van der Waals surface area contributed by atoms with Crippen molar-refractivity contribution < 1.29 is 13.9 Å². The van der Waals surface area contributed by atoms with Crippen molar-refractivity contribution in [3.05, 3.63) is 53.3 Å². The highest BCUT2D eigenvalue weighted by Gasteiger charge is 2.24. The number of nitrogens with zero attached hydrogens (tertiary/aromatic N) is 1. The zero-order valence-corrected chi connectivity index (χ0v) is 11.6. The van der Waals surface area contributed by atoms with Gasteiger partial charge in [0.05, 0.1) is 18.4 Å². The lowest BCUT2D eigenvalue weighted by atomic mass is 10.1. The average molecular weight is 286 g/mol. The first-order valence-corrected chi connectivity index (χ1v) is 6.64. The number of esters is 1. The Bertz CT molecular complexity index is 715. The van der Waals surface area contributed by atoms with Gasteiger partial charge in [0.1, 0.15) is 5.82 Å². The first-order chi connectivity index (χ1) is 10.1. The number of ether oxygens (including phenoxy) is 1. The molecule has 0 saturated heterocycles. The second kappa shape index (κ2) is 5.09. The summed E-state index contributed by atoms with van der Waals surface area (Å²) in [5.41, 5.74) is 8.42. The Kier molecular flexibility index (Phi) is 3.25. The van der Waals surface area contributed by atoms with Gasteiger partial charge >= 0.3 is 5.97 Å². The van der Waals surface area contributed by atoms with E-state index in [1.807, 2.05) is 29.2 Å². The molecule has 1 aliphatic heterocycles. The maximum atomic E-state index is 14.3. The van der Waals surface area contributed by atoms with Crippen molar-refractivity contribution >= 4 is 23.0 Å². The first kappa shape index (κ1) is 13.4. The topological polar surface area (TPSA) is 55.6 Å². The van der Waals surface area contributed by atoms with E-state index in [4.69, 9.17) is 5.73 Å². The molecule has 4 nitrogen and oxygen atoms in total. The highest BCUT2D eigenvalue weighted by atomic mass is 19.1. The van der Waals surface area contributed by atoms with Crippen LogP contribution in [0.5, 0.6) is 0 Å². The molecule has 0 aliphatic carbocycles. The summed E-state index contributed by atoms with van der Waals surface area (Å²) in [5.74, 6) is -1.02. The second-order valence-corrected chi connectivity index (χ2v) is 4.91. The number of methoxy groups -OCH3 is 1. The summed E-state index contributed by atoms with van der Waals surface area (Å²) >= 11 is 0. The lowest BCUT2D eigenvalue weighted by molar-refractivity contribution is 0.0602. The van der Waals surface area contributed by atoms with Crippen LogP contribution in [0, 0.1) is 5.82 Å². The van der Waals surface area contributed by atoms with Crippen molar-refractivity contribution in [3.8, 4) is 0 Å². The summed E-state index contributed by atoms with van der Waals surface area (Å²) in [7, 11) is 1.27. The quantitative estimate of drug-likeness (QED) is 0.681. The molecule has 2 N–H and O–H groups in total. The third kappa shape index (κ3) is 2.20. The molecule has 0 amide bonds. The molecule has 21 heavy (non-hydrogen) atoms. The zero-order chi connectivity index (χ0) is 15.0. The number of benzene rings is 2. The van der Waals surface area contributed by atoms with Gasteiger partial charge in [0.25, 0.3) is 0 Å². The maximum Gasteiger partial charge on any atom is 0.340 e. The van der Waals surface area contributed by atoms with Crippen molar-refractivity contribution in [2.24, 2.45) is 0 Å². The molecular weight excluding hydrogens is 271 g/mol. The van der Waals surface area contributed by atoms with Crippen molar-refractivity contribution in [1.29, 1.82) is 0 Å². The molecule has 108 valence electrons. The van der Waals surface area contributed by atoms with Crippen LogP contribution in [0.1, 0.15) is 15.9 Å². The van der Waals surface area contributed by atoms with E-state index in [0.29, 0.717) is 12.2 Å². The molecule has 0 fully saturated rings. The number of nitrogens with two attached hydrogens (primary N) is 1. The maximum absolute atomic E-state index is 14.3. The van der Waals surface area contributed by atoms with Gasteiger partial charge < -0.3 is 15.4 Å². The van der Waals surface area contributed by atoms with Crippen molar-refractivity contribution in [2.75, 3.05) is 24.3 Å². The monoisotopic (exact) mass is 286 g/mol. The van der Waals surface area contributed by atoms with Gasteiger partial charge in [-0.2, -0.15) is 0 Å². The fourth-order valence-electron chi connectivity index (χ4n) is 2.66. The van der Waals surface area contributed by atoms with Crippen LogP contribution in [-0.4, -0.2) is 19.6 Å². The molecule has 0 saturated carbocycles. The molecule has 1 aliphatic rings. The number of rotatable bonds is 2. The van der Waals surface area contributed by atoms with E-state index in [9.17, 15) is 9.18 Å². The number of para-hydroxylation sites is 1. The van der Waals surface area contributed by atoms with Gasteiger partial charge in [0.2, 0.25) is 0 Å². The number of halogens is 1. The molecule has 0 unspecified atom stereocenters. The van der Waals surface area contributed by atoms with E-state index in [1.165, 1.54) is 19.2 Å². The molecule has 0 aromatic heterocycles. The Balaban J connectivity index is 2.10. The van der Waals surface area contributed by atoms with Crippen LogP contribution in [0.4, 0.5) is 21.5 Å². The molecular formula is C16H15FN2O2. The molecule has 2 aromatic carbocycles. The standard InChI is InChI=1S/C16H15FN2O2/c1-21-16(20)11-8-15(12(17)9-13(11)18)19-7-6-10-4-2-3-5-14(10)19/h2-5,8-9H,6-7,18H2,1H3. The molecule has 1 heterocycles. The smallest absolute Gasteiger partial charge is 0.340 e. The van der Waals surface area contributed by atoms with Crippen LogP contribution in [0.2, 0.25) is 0 Å². The van der Waals surface area contributed by atoms with Gasteiger partial charge in [-0.3, -0.25) is 0 Å². The van der Waals surface area contributed by atoms with Crippen molar-refractivity contribution in [3.63, 3.8) is 0 Å². The predicted octanol–water partition coefficient (Wildman–Crippen LogP) is 2.89. The molecule has 0 radical (unpaired) electrons. The van der Waals surface area contributed by atoms with Crippen LogP contribution in [0.3, 0.4) is 0 Å². The number of hydrogen-bond acceptors (Lipinski definition) is 4. The minimum Gasteiger partial charge on any atom is -0.465 e. The van der Waals surface area contributed by atoms with E-state index in [-0.39, 0.29) is 11.3 Å². The van der Waals surface area contributed by atoms with Crippen molar-refractivity contribution in [2.45, 2.75) is 6.42 Å². The predicted molar refractivity (Wildman–Crippen MR) is 79.3 cm³/mol. The van der Waals surface area contributed by atoms with Gasteiger partial charge in [-0.25, -0.2) is 9.18 Å². The molecule has 2 aromatic rings. The van der Waals surface area contributed by atoms with E-state index in [2.05, 4.69) is 4.74 Å². The summed E-state index contributed by atoms with van der Waals surface area (Å²) in [5, 5.41) is 0. The molecule has 3 rings (SSSR count). The lowest BCUT2D eigenvalue weighted by Crippen LogP contribution is -2.17. The van der Waals surface area contributed by atoms with E-state index in [1.54, 1.807) is 0 Å². The Morgan fingerprint density at radius 2 is 2.05 bits per heavy atom. The van der Waals surface area contributed by atoms with Gasteiger partial charge in [0, 0.05) is 17.9 Å². The number of hydrogen-bond donors (Lipinski definition) is 1. The van der Waals surface area contributed by atoms with E-state index in [0.717, 1.165) is 17.7 Å². The van der Waals surface area contributed by atoms with Crippen LogP contribution >= 0.6 is 0 Å². The number of carbonyl (C=O) groups is 1. The van der Waals surface area contributed by atoms with Gasteiger partial charge in [-0.05, 0) is 30.2 Å². The van der Waals surface area contributed by atoms with Crippen LogP contribution < -0.4 is 10.6 Å². The van der Waals surface area contributed by atoms with Gasteiger partial charge in [0.15, 0.2) is 0 Å². The average Bonchev–Trinajstić information content (AvgIpc) is 2.90. The molecule has 0 spiro atoms. The Morgan fingerprint density at radius 3 is 2.81 bits per heavy atom. The number of nitrogen functional groups attached to an aromatic ring is 1. The van der Waals surface area contributed by atoms with Gasteiger partial charge in [-0.1, -0.05) is 18.2 Å². The number of anilines is 3. The highest BCUT2D eigenvalue weighted by molar-refractivity contribution is 5.96. The third-order valence-electron chi connectivity index (χ3n) is 3.70. The Labute approximate surface area is 121 Å². The van der Waals surface area contributed by atoms with Crippen LogP contribution in [0.25, 0.3) is 0 Å². The van der Waals surface area contributed by atoms with Crippen LogP contribution in [0.15, 0.2) is 36.4 Å².